The summed E-state index contributed by atoms with van der Waals surface area (Å²) in [7, 11) is -4.32. The van der Waals surface area contributed by atoms with Gasteiger partial charge in [-0.15, -0.1) is 0 Å². The van der Waals surface area contributed by atoms with Gasteiger partial charge in [0, 0.05) is 18.7 Å². The molecule has 0 spiro atoms. The number of rotatable bonds is 14. The number of carbonyl (C=O) groups excluding carboxylic acids is 2. The van der Waals surface area contributed by atoms with Gasteiger partial charge < -0.3 is 35.2 Å². The third kappa shape index (κ3) is 8.76. The van der Waals surface area contributed by atoms with Crippen LogP contribution in [0.15, 0.2) is 59.5 Å². The van der Waals surface area contributed by atoms with Gasteiger partial charge in [-0.2, -0.15) is 4.31 Å². The quantitative estimate of drug-likeness (QED) is 0.213. The van der Waals surface area contributed by atoms with E-state index in [0.717, 1.165) is 9.87 Å². The van der Waals surface area contributed by atoms with Crippen molar-refractivity contribution in [2.75, 3.05) is 25.5 Å². The van der Waals surface area contributed by atoms with Crippen LogP contribution in [0.1, 0.15) is 52.0 Å². The van der Waals surface area contributed by atoms with Crippen molar-refractivity contribution >= 4 is 27.6 Å². The summed E-state index contributed by atoms with van der Waals surface area (Å²) < 4.78 is 46.4. The molecule has 5 atom stereocenters. The Morgan fingerprint density at radius 3 is 2.60 bits per heavy atom. The lowest BCUT2D eigenvalue weighted by Gasteiger charge is -2.39. The largest absolute Gasteiger partial charge is 0.443 e. The van der Waals surface area contributed by atoms with Gasteiger partial charge in [-0.3, -0.25) is 0 Å². The van der Waals surface area contributed by atoms with Crippen LogP contribution >= 0.6 is 0 Å². The molecular formula is C31H43N3O8S. The number of sulfonamides is 1. The molecular weight excluding hydrogens is 574 g/mol. The second-order valence-corrected chi connectivity index (χ2v) is 14.0. The van der Waals surface area contributed by atoms with Crippen molar-refractivity contribution in [3.05, 3.63) is 60.2 Å². The van der Waals surface area contributed by atoms with E-state index in [9.17, 15) is 23.1 Å². The Kier molecular flexibility index (Phi) is 10.8. The lowest BCUT2D eigenvalue weighted by atomic mass is 9.86. The summed E-state index contributed by atoms with van der Waals surface area (Å²) in [6, 6.07) is 15.3. The molecule has 236 valence electrons. The number of benzene rings is 2. The van der Waals surface area contributed by atoms with E-state index in [1.165, 1.54) is 25.1 Å². The summed E-state index contributed by atoms with van der Waals surface area (Å²) in [5, 5.41) is 14.3. The standard InChI is InChI=1S/C31H43N3O8S/c1-21(35)14-16-31(2,3)20-34(43(38,39)24-11-7-10-23(32)18-24)28(26(36)13-12-22-8-5-4-6-9-22)33-30(37)42-27-19-41-29-25(27)15-17-40-29/h4-11,18,25-29,36H,12-17,19-20,32H2,1-3H3,(H,33,37)/t25-,26?,27-,28?,29+/m0/s1. The van der Waals surface area contributed by atoms with Gasteiger partial charge in [-0.1, -0.05) is 50.2 Å². The molecule has 2 aromatic carbocycles. The number of ketones is 1. The number of fused-ring (bicyclic) bond motifs is 1. The number of alkyl carbamates (subject to hydrolysis) is 1. The number of ether oxygens (including phenoxy) is 3. The van der Waals surface area contributed by atoms with E-state index in [1.807, 2.05) is 44.2 Å². The number of anilines is 1. The Bertz CT molecular complexity index is 1350. The van der Waals surface area contributed by atoms with Gasteiger partial charge in [0.1, 0.15) is 18.1 Å². The van der Waals surface area contributed by atoms with E-state index >= 15 is 0 Å². The van der Waals surface area contributed by atoms with E-state index in [-0.39, 0.29) is 48.3 Å². The van der Waals surface area contributed by atoms with Crippen LogP contribution in [-0.2, 0) is 35.4 Å². The Balaban J connectivity index is 1.66. The number of nitrogens with two attached hydrogens (primary N) is 1. The zero-order valence-electron chi connectivity index (χ0n) is 25.0. The zero-order valence-corrected chi connectivity index (χ0v) is 25.8. The molecule has 2 aromatic rings. The number of amides is 1. The molecule has 12 heteroatoms. The van der Waals surface area contributed by atoms with E-state index in [2.05, 4.69) is 5.32 Å². The molecule has 2 heterocycles. The van der Waals surface area contributed by atoms with Crippen molar-refractivity contribution in [1.29, 1.82) is 0 Å². The van der Waals surface area contributed by atoms with Crippen LogP contribution in [0.3, 0.4) is 0 Å². The smallest absolute Gasteiger partial charge is 0.408 e. The van der Waals surface area contributed by atoms with Gasteiger partial charge >= 0.3 is 6.09 Å². The SMILES string of the molecule is CC(=O)CCC(C)(C)CN(C(NC(=O)O[C@H]1CO[C@H]2OCC[C@H]21)C(O)CCc1ccccc1)S(=O)(=O)c1cccc(N)c1. The molecule has 2 saturated heterocycles. The fourth-order valence-corrected chi connectivity index (χ4v) is 7.29. The van der Waals surface area contributed by atoms with Gasteiger partial charge in [0.25, 0.3) is 0 Å². The lowest BCUT2D eigenvalue weighted by molar-refractivity contribution is -0.117. The summed E-state index contributed by atoms with van der Waals surface area (Å²) in [6.45, 7) is 5.74. The summed E-state index contributed by atoms with van der Waals surface area (Å²) in [5.41, 5.74) is 6.45. The molecule has 4 rings (SSSR count). The first kappa shape index (κ1) is 32.9. The number of carbonyl (C=O) groups is 2. The highest BCUT2D eigenvalue weighted by molar-refractivity contribution is 7.89. The predicted molar refractivity (Wildman–Crippen MR) is 160 cm³/mol. The van der Waals surface area contributed by atoms with Gasteiger partial charge in [-0.05, 0) is 61.8 Å². The lowest BCUT2D eigenvalue weighted by Crippen LogP contribution is -2.59. The Hall–Kier alpha value is -3.03. The minimum atomic E-state index is -4.32. The number of nitrogens with one attached hydrogen (secondary N) is 1. The molecule has 2 fully saturated rings. The summed E-state index contributed by atoms with van der Waals surface area (Å²) >= 11 is 0. The second-order valence-electron chi connectivity index (χ2n) is 12.1. The number of nitrogen functional groups attached to an aromatic ring is 1. The molecule has 1 amide bonds. The summed E-state index contributed by atoms with van der Waals surface area (Å²) in [5.74, 6) is -0.141. The first-order chi connectivity index (χ1) is 20.4. The van der Waals surface area contributed by atoms with Gasteiger partial charge in [-0.25, -0.2) is 13.2 Å². The number of aryl methyl sites for hydroxylation is 1. The van der Waals surface area contributed by atoms with Crippen molar-refractivity contribution in [1.82, 2.24) is 9.62 Å². The number of aliphatic hydroxyl groups is 1. The second kappa shape index (κ2) is 14.2. The van der Waals surface area contributed by atoms with Crippen molar-refractivity contribution in [2.45, 2.75) is 82.4 Å². The number of hydrogen-bond donors (Lipinski definition) is 3. The maximum absolute atomic E-state index is 14.3. The average molecular weight is 618 g/mol. The molecule has 2 aliphatic rings. The minimum absolute atomic E-state index is 0.0209. The van der Waals surface area contributed by atoms with E-state index in [0.29, 0.717) is 25.9 Å². The first-order valence-corrected chi connectivity index (χ1v) is 16.1. The van der Waals surface area contributed by atoms with E-state index in [1.54, 1.807) is 6.07 Å². The normalized spacial score (nSPS) is 21.7. The highest BCUT2D eigenvalue weighted by Gasteiger charge is 2.45. The van der Waals surface area contributed by atoms with Crippen molar-refractivity contribution in [2.24, 2.45) is 11.3 Å². The van der Waals surface area contributed by atoms with Crippen LogP contribution in [0.5, 0.6) is 0 Å². The van der Waals surface area contributed by atoms with E-state index in [4.69, 9.17) is 19.9 Å². The van der Waals surface area contributed by atoms with Crippen LogP contribution < -0.4 is 11.1 Å². The molecule has 0 aliphatic carbocycles. The van der Waals surface area contributed by atoms with Crippen LogP contribution in [0.4, 0.5) is 10.5 Å². The molecule has 4 N–H and O–H groups in total. The third-order valence-corrected chi connectivity index (χ3v) is 9.78. The number of Topliss-reactive ketones (excluding diaryl/α,β-unsaturated/α-hetero) is 1. The fourth-order valence-electron chi connectivity index (χ4n) is 5.48. The molecule has 2 unspecified atom stereocenters. The number of nitrogens with zero attached hydrogens (tertiary/aromatic N) is 1. The fraction of sp³-hybridized carbons (Fsp3) is 0.548. The van der Waals surface area contributed by atoms with Crippen LogP contribution in [0.2, 0.25) is 0 Å². The molecule has 0 aromatic heterocycles. The van der Waals surface area contributed by atoms with Crippen molar-refractivity contribution in [3.8, 4) is 0 Å². The zero-order chi connectivity index (χ0) is 31.2. The van der Waals surface area contributed by atoms with Crippen LogP contribution in [-0.4, -0.2) is 74.1 Å². The van der Waals surface area contributed by atoms with Gasteiger partial charge in [0.05, 0.1) is 30.1 Å². The van der Waals surface area contributed by atoms with Crippen LogP contribution in [0.25, 0.3) is 0 Å². The summed E-state index contributed by atoms with van der Waals surface area (Å²) in [6.07, 6.45) is -2.68. The third-order valence-electron chi connectivity index (χ3n) is 7.96. The highest BCUT2D eigenvalue weighted by atomic mass is 32.2. The predicted octanol–water partition coefficient (Wildman–Crippen LogP) is 3.46. The topological polar surface area (TPSA) is 157 Å². The Morgan fingerprint density at radius 2 is 1.91 bits per heavy atom. The van der Waals surface area contributed by atoms with Gasteiger partial charge in [0.2, 0.25) is 10.0 Å². The maximum Gasteiger partial charge on any atom is 0.408 e. The number of aliphatic hydroxyl groups excluding tert-OH is 1. The number of hydrogen-bond acceptors (Lipinski definition) is 9. The van der Waals surface area contributed by atoms with E-state index < -0.39 is 46.2 Å². The van der Waals surface area contributed by atoms with Crippen molar-refractivity contribution in [3.63, 3.8) is 0 Å². The maximum atomic E-state index is 14.3. The summed E-state index contributed by atoms with van der Waals surface area (Å²) in [4.78, 5) is 25.1. The Labute approximate surface area is 253 Å². The van der Waals surface area contributed by atoms with Gasteiger partial charge in [0.15, 0.2) is 6.29 Å². The average Bonchev–Trinajstić information content (AvgIpc) is 3.58. The van der Waals surface area contributed by atoms with Crippen molar-refractivity contribution < 1.29 is 37.3 Å². The molecule has 43 heavy (non-hydrogen) atoms. The highest BCUT2D eigenvalue weighted by Crippen LogP contribution is 2.34. The monoisotopic (exact) mass is 617 g/mol. The molecule has 11 nitrogen and oxygen atoms in total. The van der Waals surface area contributed by atoms with Crippen LogP contribution in [0, 0.1) is 11.3 Å². The first-order valence-electron chi connectivity index (χ1n) is 14.6. The molecule has 2 aliphatic heterocycles. The molecule has 0 radical (unpaired) electrons. The molecule has 0 saturated carbocycles. The Morgan fingerprint density at radius 1 is 1.16 bits per heavy atom. The minimum Gasteiger partial charge on any atom is -0.443 e. The molecule has 0 bridgehead atoms.